The number of nitrogens with zero attached hydrogens (tertiary/aromatic N) is 1. The lowest BCUT2D eigenvalue weighted by Crippen LogP contribution is -2.57. The average Bonchev–Trinajstić information content (AvgIpc) is 2.40. The molecule has 2 bridgehead atoms. The van der Waals surface area contributed by atoms with E-state index >= 15 is 0 Å². The van der Waals surface area contributed by atoms with Crippen LogP contribution in [-0.2, 0) is 23.9 Å². The first-order chi connectivity index (χ1) is 10.0. The van der Waals surface area contributed by atoms with Gasteiger partial charge in [0, 0.05) is 24.9 Å². The van der Waals surface area contributed by atoms with E-state index in [9.17, 15) is 14.4 Å². The number of ether oxygens (including phenoxy) is 2. The average molecular weight is 297 g/mol. The van der Waals surface area contributed by atoms with Gasteiger partial charge in [-0.2, -0.15) is 0 Å². The Bertz CT molecular complexity index is 404. The van der Waals surface area contributed by atoms with Crippen molar-refractivity contribution in [3.05, 3.63) is 0 Å². The zero-order valence-electron chi connectivity index (χ0n) is 12.7. The smallest absolute Gasteiger partial charge is 0.320 e. The highest BCUT2D eigenvalue weighted by molar-refractivity contribution is 5.82. The summed E-state index contributed by atoms with van der Waals surface area (Å²) >= 11 is 0. The van der Waals surface area contributed by atoms with Gasteiger partial charge in [-0.1, -0.05) is 0 Å². The van der Waals surface area contributed by atoms with Crippen LogP contribution in [0.2, 0.25) is 0 Å². The van der Waals surface area contributed by atoms with Gasteiger partial charge in [-0.25, -0.2) is 0 Å². The zero-order valence-corrected chi connectivity index (χ0v) is 12.7. The Morgan fingerprint density at radius 3 is 2.19 bits per heavy atom. The molecule has 118 valence electrons. The highest BCUT2D eigenvalue weighted by Crippen LogP contribution is 2.36. The van der Waals surface area contributed by atoms with Gasteiger partial charge in [-0.3, -0.25) is 19.3 Å². The van der Waals surface area contributed by atoms with Crippen molar-refractivity contribution in [3.63, 3.8) is 0 Å². The Morgan fingerprint density at radius 1 is 1.10 bits per heavy atom. The second-order valence-electron chi connectivity index (χ2n) is 5.65. The van der Waals surface area contributed by atoms with Gasteiger partial charge in [0.1, 0.15) is 5.78 Å². The van der Waals surface area contributed by atoms with Gasteiger partial charge in [-0.15, -0.1) is 0 Å². The Balaban J connectivity index is 2.04. The molecule has 2 aliphatic heterocycles. The summed E-state index contributed by atoms with van der Waals surface area (Å²) in [6, 6.07) is -0.104. The number of piperidine rings is 2. The molecule has 0 N–H and O–H groups in total. The largest absolute Gasteiger partial charge is 0.466 e. The molecular weight excluding hydrogens is 274 g/mol. The standard InChI is InChI=1S/C15H23NO5/c1-3-20-14(18)9-16-11-5-10(15(19)21-4-2)6-12(16)8-13(17)7-11/h10-12H,3-9H2,1-2H3/t11-,12-/m1/s1. The minimum Gasteiger partial charge on any atom is -0.466 e. The summed E-state index contributed by atoms with van der Waals surface area (Å²) in [6.07, 6.45) is 1.98. The molecule has 0 saturated carbocycles. The van der Waals surface area contributed by atoms with E-state index in [0.717, 1.165) is 0 Å². The predicted molar refractivity (Wildman–Crippen MR) is 74.5 cm³/mol. The molecule has 2 atom stereocenters. The van der Waals surface area contributed by atoms with Gasteiger partial charge in [0.2, 0.25) is 0 Å². The Hall–Kier alpha value is -1.43. The van der Waals surface area contributed by atoms with Crippen molar-refractivity contribution in [2.45, 2.75) is 51.6 Å². The third kappa shape index (κ3) is 3.81. The first-order valence-corrected chi connectivity index (χ1v) is 7.64. The number of fused-ring (bicyclic) bond motifs is 2. The Morgan fingerprint density at radius 2 is 1.67 bits per heavy atom. The van der Waals surface area contributed by atoms with Crippen LogP contribution in [0.25, 0.3) is 0 Å². The molecule has 6 heteroatoms. The topological polar surface area (TPSA) is 72.9 Å². The van der Waals surface area contributed by atoms with Crippen LogP contribution in [0.3, 0.4) is 0 Å². The molecule has 2 fully saturated rings. The van der Waals surface area contributed by atoms with Crippen molar-refractivity contribution >= 4 is 17.7 Å². The maximum Gasteiger partial charge on any atom is 0.320 e. The van der Waals surface area contributed by atoms with Gasteiger partial charge >= 0.3 is 11.9 Å². The van der Waals surface area contributed by atoms with Gasteiger partial charge in [0.05, 0.1) is 25.7 Å². The summed E-state index contributed by atoms with van der Waals surface area (Å²) in [7, 11) is 0. The highest BCUT2D eigenvalue weighted by Gasteiger charge is 2.44. The second kappa shape index (κ2) is 7.02. The van der Waals surface area contributed by atoms with E-state index in [0.29, 0.717) is 38.9 Å². The van der Waals surface area contributed by atoms with Crippen molar-refractivity contribution in [2.24, 2.45) is 5.92 Å². The van der Waals surface area contributed by atoms with Gasteiger partial charge < -0.3 is 9.47 Å². The van der Waals surface area contributed by atoms with Crippen LogP contribution in [0, 0.1) is 5.92 Å². The molecule has 0 radical (unpaired) electrons. The van der Waals surface area contributed by atoms with Crippen molar-refractivity contribution in [1.82, 2.24) is 4.90 Å². The lowest BCUT2D eigenvalue weighted by atomic mass is 9.78. The van der Waals surface area contributed by atoms with E-state index in [2.05, 4.69) is 0 Å². The van der Waals surface area contributed by atoms with Crippen molar-refractivity contribution in [3.8, 4) is 0 Å². The lowest BCUT2D eigenvalue weighted by molar-refractivity contribution is -0.157. The van der Waals surface area contributed by atoms with Crippen molar-refractivity contribution in [2.75, 3.05) is 19.8 Å². The Labute approximate surface area is 124 Å². The van der Waals surface area contributed by atoms with E-state index in [1.807, 2.05) is 4.90 Å². The maximum absolute atomic E-state index is 11.9. The van der Waals surface area contributed by atoms with E-state index in [-0.39, 0.29) is 42.3 Å². The SMILES string of the molecule is CCOC(=O)CN1[C@H]2CC(=O)C[C@H]1CC(C(=O)OCC)C2. The van der Waals surface area contributed by atoms with E-state index in [1.54, 1.807) is 13.8 Å². The number of rotatable bonds is 5. The summed E-state index contributed by atoms with van der Waals surface area (Å²) in [5.74, 6) is -0.395. The molecule has 0 aromatic heterocycles. The molecule has 0 spiro atoms. The number of carbonyl (C=O) groups is 3. The monoisotopic (exact) mass is 297 g/mol. The molecule has 0 unspecified atom stereocenters. The normalized spacial score (nSPS) is 29.0. The molecule has 2 rings (SSSR count). The van der Waals surface area contributed by atoms with Crippen molar-refractivity contribution in [1.29, 1.82) is 0 Å². The molecule has 6 nitrogen and oxygen atoms in total. The minimum absolute atomic E-state index is 0.0520. The van der Waals surface area contributed by atoms with E-state index in [4.69, 9.17) is 9.47 Å². The van der Waals surface area contributed by atoms with Crippen LogP contribution in [-0.4, -0.2) is 54.5 Å². The molecule has 2 heterocycles. The van der Waals surface area contributed by atoms with Gasteiger partial charge in [0.25, 0.3) is 0 Å². The number of Topliss-reactive ketones (excluding diaryl/α,β-unsaturated/α-hetero) is 1. The fourth-order valence-electron chi connectivity index (χ4n) is 3.40. The second-order valence-corrected chi connectivity index (χ2v) is 5.65. The van der Waals surface area contributed by atoms with Gasteiger partial charge in [-0.05, 0) is 26.7 Å². The molecule has 21 heavy (non-hydrogen) atoms. The zero-order chi connectivity index (χ0) is 15.4. The molecular formula is C15H23NO5. The minimum atomic E-state index is -0.267. The number of hydrogen-bond donors (Lipinski definition) is 0. The number of hydrogen-bond acceptors (Lipinski definition) is 6. The molecule has 0 aromatic rings. The third-order valence-electron chi connectivity index (χ3n) is 4.21. The summed E-state index contributed by atoms with van der Waals surface area (Å²) in [4.78, 5) is 37.4. The number of carbonyl (C=O) groups excluding carboxylic acids is 3. The van der Waals surface area contributed by atoms with Crippen LogP contribution < -0.4 is 0 Å². The summed E-state index contributed by atoms with van der Waals surface area (Å²) in [5, 5.41) is 0. The molecule has 0 amide bonds. The van der Waals surface area contributed by atoms with Crippen LogP contribution in [0.15, 0.2) is 0 Å². The number of esters is 2. The van der Waals surface area contributed by atoms with Crippen LogP contribution in [0.5, 0.6) is 0 Å². The van der Waals surface area contributed by atoms with Crippen LogP contribution in [0.1, 0.15) is 39.5 Å². The van der Waals surface area contributed by atoms with Crippen molar-refractivity contribution < 1.29 is 23.9 Å². The molecule has 2 saturated heterocycles. The fourth-order valence-corrected chi connectivity index (χ4v) is 3.40. The summed E-state index contributed by atoms with van der Waals surface area (Å²) in [6.45, 7) is 4.49. The van der Waals surface area contributed by atoms with Gasteiger partial charge in [0.15, 0.2) is 0 Å². The predicted octanol–water partition coefficient (Wildman–Crippen LogP) is 0.925. The fraction of sp³-hybridized carbons (Fsp3) is 0.800. The molecule has 0 aromatic carbocycles. The van der Waals surface area contributed by atoms with E-state index in [1.165, 1.54) is 0 Å². The summed E-state index contributed by atoms with van der Waals surface area (Å²) < 4.78 is 10.1. The first-order valence-electron chi connectivity index (χ1n) is 7.64. The van der Waals surface area contributed by atoms with Crippen LogP contribution in [0.4, 0.5) is 0 Å². The lowest BCUT2D eigenvalue weighted by Gasteiger charge is -2.46. The highest BCUT2D eigenvalue weighted by atomic mass is 16.5. The maximum atomic E-state index is 11.9. The summed E-state index contributed by atoms with van der Waals surface area (Å²) in [5.41, 5.74) is 0. The first kappa shape index (κ1) is 15.9. The van der Waals surface area contributed by atoms with E-state index < -0.39 is 0 Å². The van der Waals surface area contributed by atoms with Crippen LogP contribution >= 0.6 is 0 Å². The third-order valence-corrected chi connectivity index (χ3v) is 4.21. The molecule has 2 aliphatic rings. The quantitative estimate of drug-likeness (QED) is 0.703. The molecule has 0 aliphatic carbocycles. The Kier molecular flexibility index (Phi) is 5.33. The number of ketones is 1.